The minimum atomic E-state index is -0.659. The summed E-state index contributed by atoms with van der Waals surface area (Å²) in [6.07, 6.45) is 0.792. The maximum absolute atomic E-state index is 12.7. The molecule has 0 spiro atoms. The number of aryl methyl sites for hydroxylation is 1. The molecule has 1 aromatic heterocycles. The van der Waals surface area contributed by atoms with E-state index in [1.54, 1.807) is 11.8 Å². The third-order valence-electron chi connectivity index (χ3n) is 4.77. The van der Waals surface area contributed by atoms with Gasteiger partial charge >= 0.3 is 5.97 Å². The number of hydrogen-bond acceptors (Lipinski definition) is 5. The van der Waals surface area contributed by atoms with Crippen LogP contribution < -0.4 is 4.90 Å². The van der Waals surface area contributed by atoms with E-state index in [4.69, 9.17) is 4.74 Å². The van der Waals surface area contributed by atoms with E-state index in [-0.39, 0.29) is 24.2 Å². The van der Waals surface area contributed by atoms with E-state index >= 15 is 0 Å². The number of benzene rings is 2. The Kier molecular flexibility index (Phi) is 4.65. The Hall–Kier alpha value is -3.48. The van der Waals surface area contributed by atoms with Crippen molar-refractivity contribution < 1.29 is 14.3 Å². The van der Waals surface area contributed by atoms with Crippen LogP contribution in [-0.4, -0.2) is 39.5 Å². The van der Waals surface area contributed by atoms with Crippen molar-refractivity contribution in [3.8, 4) is 5.69 Å². The van der Waals surface area contributed by atoms with Crippen LogP contribution in [0.25, 0.3) is 5.69 Å². The van der Waals surface area contributed by atoms with Gasteiger partial charge in [-0.05, 0) is 44.0 Å². The van der Waals surface area contributed by atoms with E-state index in [1.807, 2.05) is 61.5 Å². The number of esters is 1. The molecule has 3 aromatic rings. The van der Waals surface area contributed by atoms with Gasteiger partial charge in [-0.2, -0.15) is 9.90 Å². The lowest BCUT2D eigenvalue weighted by Gasteiger charge is -2.22. The highest BCUT2D eigenvalue weighted by molar-refractivity contribution is 5.98. The zero-order valence-electron chi connectivity index (χ0n) is 15.7. The highest BCUT2D eigenvalue weighted by Crippen LogP contribution is 2.31. The van der Waals surface area contributed by atoms with E-state index in [9.17, 15) is 9.59 Å². The van der Waals surface area contributed by atoms with Crippen molar-refractivity contribution >= 4 is 17.6 Å². The van der Waals surface area contributed by atoms with Crippen molar-refractivity contribution in [3.05, 3.63) is 71.5 Å². The Morgan fingerprint density at radius 1 is 1.07 bits per heavy atom. The fraction of sp³-hybridized carbons (Fsp3) is 0.238. The maximum Gasteiger partial charge on any atom is 0.361 e. The van der Waals surface area contributed by atoms with Gasteiger partial charge in [0, 0.05) is 11.7 Å². The lowest BCUT2D eigenvalue weighted by Crippen LogP contribution is -2.38. The minimum absolute atomic E-state index is 0.0318. The molecule has 1 aliphatic rings. The summed E-state index contributed by atoms with van der Waals surface area (Å²) >= 11 is 0. The molecule has 0 bridgehead atoms. The van der Waals surface area contributed by atoms with E-state index in [2.05, 4.69) is 10.2 Å². The van der Waals surface area contributed by atoms with Crippen molar-refractivity contribution in [2.75, 3.05) is 11.5 Å². The molecule has 0 saturated carbocycles. The summed E-state index contributed by atoms with van der Waals surface area (Å²) in [4.78, 5) is 28.2. The van der Waals surface area contributed by atoms with Crippen LogP contribution >= 0.6 is 0 Å². The van der Waals surface area contributed by atoms with Crippen LogP contribution in [0, 0.1) is 6.92 Å². The zero-order chi connectivity index (χ0) is 19.7. The molecule has 0 N–H and O–H groups in total. The van der Waals surface area contributed by atoms with Gasteiger partial charge in [0.25, 0.3) is 5.91 Å². The molecule has 1 amide bonds. The van der Waals surface area contributed by atoms with Gasteiger partial charge in [0.15, 0.2) is 12.3 Å². The van der Waals surface area contributed by atoms with Crippen molar-refractivity contribution in [1.82, 2.24) is 15.0 Å². The molecule has 7 nitrogen and oxygen atoms in total. The summed E-state index contributed by atoms with van der Waals surface area (Å²) in [6.45, 7) is 3.33. The predicted molar refractivity (Wildman–Crippen MR) is 103 cm³/mol. The number of carbonyl (C=O) groups excluding carboxylic acids is 2. The molecular weight excluding hydrogens is 356 g/mol. The third kappa shape index (κ3) is 3.26. The Balaban J connectivity index is 1.45. The quantitative estimate of drug-likeness (QED) is 0.655. The second-order valence-corrected chi connectivity index (χ2v) is 6.78. The van der Waals surface area contributed by atoms with Gasteiger partial charge < -0.3 is 9.64 Å². The summed E-state index contributed by atoms with van der Waals surface area (Å²) in [5, 5.41) is 8.47. The number of ether oxygens (including phenoxy) is 1. The van der Waals surface area contributed by atoms with Gasteiger partial charge in [0.1, 0.15) is 0 Å². The molecule has 4 rings (SSSR count). The molecular formula is C21H20N4O3. The fourth-order valence-electron chi connectivity index (χ4n) is 3.45. The van der Waals surface area contributed by atoms with Crippen LogP contribution in [0.15, 0.2) is 54.6 Å². The molecule has 2 aromatic carbocycles. The van der Waals surface area contributed by atoms with E-state index in [1.165, 1.54) is 4.80 Å². The molecule has 1 aliphatic heterocycles. The van der Waals surface area contributed by atoms with Crippen molar-refractivity contribution in [1.29, 1.82) is 0 Å². The molecule has 7 heteroatoms. The second kappa shape index (κ2) is 7.26. The van der Waals surface area contributed by atoms with Gasteiger partial charge in [0.05, 0.1) is 11.4 Å². The van der Waals surface area contributed by atoms with Gasteiger partial charge in [-0.1, -0.05) is 36.4 Å². The Bertz CT molecular complexity index is 1030. The molecule has 28 heavy (non-hydrogen) atoms. The summed E-state index contributed by atoms with van der Waals surface area (Å²) in [5.74, 6) is -0.910. The number of amides is 1. The van der Waals surface area contributed by atoms with Crippen molar-refractivity contribution in [2.24, 2.45) is 0 Å². The number of carbonyl (C=O) groups is 2. The first kappa shape index (κ1) is 17.9. The first-order chi connectivity index (χ1) is 13.5. The fourth-order valence-corrected chi connectivity index (χ4v) is 3.45. The van der Waals surface area contributed by atoms with E-state index in [0.717, 1.165) is 23.4 Å². The van der Waals surface area contributed by atoms with Crippen molar-refractivity contribution in [3.63, 3.8) is 0 Å². The van der Waals surface area contributed by atoms with Crippen LogP contribution in [0.2, 0.25) is 0 Å². The minimum Gasteiger partial charge on any atom is -0.451 e. The monoisotopic (exact) mass is 376 g/mol. The molecule has 1 atom stereocenters. The molecule has 0 fully saturated rings. The third-order valence-corrected chi connectivity index (χ3v) is 4.77. The number of anilines is 1. The van der Waals surface area contributed by atoms with Gasteiger partial charge in [0.2, 0.25) is 0 Å². The SMILES string of the molecule is Cc1nn(-c2ccccc2)nc1C(=O)OCC(=O)N1c2ccccc2C[C@@H]1C. The highest BCUT2D eigenvalue weighted by Gasteiger charge is 2.31. The van der Waals surface area contributed by atoms with Crippen LogP contribution in [0.5, 0.6) is 0 Å². The van der Waals surface area contributed by atoms with Crippen LogP contribution in [0.1, 0.15) is 28.7 Å². The Labute approximate surface area is 162 Å². The highest BCUT2D eigenvalue weighted by atomic mass is 16.5. The molecule has 0 aliphatic carbocycles. The van der Waals surface area contributed by atoms with Gasteiger partial charge in [-0.15, -0.1) is 5.10 Å². The number of aromatic nitrogens is 3. The number of nitrogens with zero attached hydrogens (tertiary/aromatic N) is 4. The summed E-state index contributed by atoms with van der Waals surface area (Å²) in [7, 11) is 0. The number of fused-ring (bicyclic) bond motifs is 1. The van der Waals surface area contributed by atoms with Crippen LogP contribution in [0.4, 0.5) is 5.69 Å². The zero-order valence-corrected chi connectivity index (χ0v) is 15.7. The lowest BCUT2D eigenvalue weighted by molar-refractivity contribution is -0.122. The predicted octanol–water partition coefficient (Wildman–Crippen LogP) is 2.71. The molecule has 142 valence electrons. The van der Waals surface area contributed by atoms with Crippen LogP contribution in [0.3, 0.4) is 0 Å². The molecule has 0 saturated heterocycles. The number of rotatable bonds is 4. The summed E-state index contributed by atoms with van der Waals surface area (Å²) < 4.78 is 5.25. The molecule has 0 unspecified atom stereocenters. The normalized spacial score (nSPS) is 15.4. The lowest BCUT2D eigenvalue weighted by atomic mass is 10.1. The number of hydrogen-bond donors (Lipinski definition) is 0. The first-order valence-electron chi connectivity index (χ1n) is 9.11. The average Bonchev–Trinajstić information content (AvgIpc) is 3.26. The smallest absolute Gasteiger partial charge is 0.361 e. The molecule has 0 radical (unpaired) electrons. The number of para-hydroxylation sites is 2. The molecule has 2 heterocycles. The Morgan fingerprint density at radius 3 is 2.57 bits per heavy atom. The summed E-state index contributed by atoms with van der Waals surface area (Å²) in [5.41, 5.74) is 3.29. The Morgan fingerprint density at radius 2 is 1.79 bits per heavy atom. The summed E-state index contributed by atoms with van der Waals surface area (Å²) in [6, 6.07) is 17.1. The largest absolute Gasteiger partial charge is 0.451 e. The first-order valence-corrected chi connectivity index (χ1v) is 9.11. The van der Waals surface area contributed by atoms with E-state index in [0.29, 0.717) is 5.69 Å². The topological polar surface area (TPSA) is 77.3 Å². The standard InChI is InChI=1S/C21H20N4O3/c1-14-12-16-8-6-7-11-18(16)24(14)19(26)13-28-21(27)20-15(2)22-25(23-20)17-9-4-3-5-10-17/h3-11,14H,12-13H2,1-2H3/t14-/m0/s1. The van der Waals surface area contributed by atoms with Crippen LogP contribution in [-0.2, 0) is 16.0 Å². The second-order valence-electron chi connectivity index (χ2n) is 6.78. The maximum atomic E-state index is 12.7. The van der Waals surface area contributed by atoms with E-state index < -0.39 is 5.97 Å². The average molecular weight is 376 g/mol. The van der Waals surface area contributed by atoms with Crippen molar-refractivity contribution in [2.45, 2.75) is 26.3 Å². The van der Waals surface area contributed by atoms with Gasteiger partial charge in [-0.3, -0.25) is 4.79 Å². The van der Waals surface area contributed by atoms with Gasteiger partial charge in [-0.25, -0.2) is 4.79 Å².